The molecule has 2 heterocycles. The number of halogens is 1. The van der Waals surface area contributed by atoms with Crippen LogP contribution in [0.25, 0.3) is 0 Å². The van der Waals surface area contributed by atoms with Gasteiger partial charge in [0.15, 0.2) is 11.1 Å². The first-order valence-electron chi connectivity index (χ1n) is 8.41. The van der Waals surface area contributed by atoms with Crippen LogP contribution in [0.3, 0.4) is 0 Å². The Morgan fingerprint density at radius 3 is 2.75 bits per heavy atom. The number of hydrogen-bond acceptors (Lipinski definition) is 4. The zero-order valence-electron chi connectivity index (χ0n) is 14.0. The van der Waals surface area contributed by atoms with Gasteiger partial charge in [0.25, 0.3) is 0 Å². The van der Waals surface area contributed by atoms with E-state index in [1.807, 2.05) is 24.3 Å². The third-order valence-corrected chi connectivity index (χ3v) is 4.45. The number of nitrogens with two attached hydrogens (primary N) is 1. The van der Waals surface area contributed by atoms with Crippen LogP contribution in [0, 0.1) is 0 Å². The van der Waals surface area contributed by atoms with Gasteiger partial charge in [0.05, 0.1) is 18.7 Å². The lowest BCUT2D eigenvalue weighted by Crippen LogP contribution is -2.13. The van der Waals surface area contributed by atoms with Crippen molar-refractivity contribution >= 4 is 23.2 Å². The molecule has 2 aromatic rings. The summed E-state index contributed by atoms with van der Waals surface area (Å²) in [5, 5.41) is 0.551. The molecule has 3 rings (SSSR count). The Kier molecular flexibility index (Phi) is 5.41. The second kappa shape index (κ2) is 7.71. The highest BCUT2D eigenvalue weighted by molar-refractivity contribution is 6.30. The summed E-state index contributed by atoms with van der Waals surface area (Å²) in [6.45, 7) is 4.28. The molecule has 1 aliphatic rings. The number of unbranched alkanes of at least 4 members (excludes halogenated alkanes) is 1. The number of rotatable bonds is 7. The Morgan fingerprint density at radius 1 is 1.29 bits per heavy atom. The van der Waals surface area contributed by atoms with E-state index in [4.69, 9.17) is 22.1 Å². The number of ether oxygens (including phenoxy) is 1. The number of hydrogen-bond donors (Lipinski definition) is 1. The predicted molar refractivity (Wildman–Crippen MR) is 97.8 cm³/mol. The lowest BCUT2D eigenvalue weighted by molar-refractivity contribution is 0.340. The van der Waals surface area contributed by atoms with Crippen molar-refractivity contribution in [1.82, 2.24) is 9.55 Å². The van der Waals surface area contributed by atoms with Gasteiger partial charge in [-0.1, -0.05) is 37.1 Å². The van der Waals surface area contributed by atoms with Crippen molar-refractivity contribution in [3.05, 3.63) is 46.5 Å². The Labute approximate surface area is 147 Å². The molecule has 6 heteroatoms. The summed E-state index contributed by atoms with van der Waals surface area (Å²) in [6, 6.07) is 7.92. The van der Waals surface area contributed by atoms with E-state index >= 15 is 0 Å². The van der Waals surface area contributed by atoms with Gasteiger partial charge in [0.2, 0.25) is 0 Å². The molecule has 0 spiro atoms. The first kappa shape index (κ1) is 16.8. The van der Waals surface area contributed by atoms with Gasteiger partial charge in [0, 0.05) is 18.7 Å². The first-order valence-corrected chi connectivity index (χ1v) is 8.79. The van der Waals surface area contributed by atoms with E-state index in [0.29, 0.717) is 18.2 Å². The van der Waals surface area contributed by atoms with E-state index in [1.165, 1.54) is 5.56 Å². The van der Waals surface area contributed by atoms with Crippen LogP contribution in [-0.2, 0) is 24.1 Å². The van der Waals surface area contributed by atoms with Crippen molar-refractivity contribution in [2.24, 2.45) is 4.99 Å². The molecule has 0 aliphatic carbocycles. The third-order valence-electron chi connectivity index (χ3n) is 4.14. The molecule has 0 radical (unpaired) electrons. The Bertz CT molecular complexity index is 721. The Balaban J connectivity index is 1.90. The van der Waals surface area contributed by atoms with Crippen LogP contribution in [0.2, 0.25) is 5.15 Å². The molecule has 1 aromatic heterocycles. The van der Waals surface area contributed by atoms with Crippen LogP contribution >= 0.6 is 11.6 Å². The average Bonchev–Trinajstić information content (AvgIpc) is 3.18. The first-order chi connectivity index (χ1) is 11.7. The summed E-state index contributed by atoms with van der Waals surface area (Å²) < 4.78 is 7.76. The van der Waals surface area contributed by atoms with Crippen molar-refractivity contribution < 1.29 is 4.74 Å². The van der Waals surface area contributed by atoms with Crippen LogP contribution in [0.1, 0.15) is 36.8 Å². The van der Waals surface area contributed by atoms with Crippen LogP contribution in [0.4, 0.5) is 5.69 Å². The van der Waals surface area contributed by atoms with Crippen LogP contribution in [-0.4, -0.2) is 28.6 Å². The monoisotopic (exact) mass is 346 g/mol. The summed E-state index contributed by atoms with van der Waals surface area (Å²) in [5.41, 5.74) is 8.70. The summed E-state index contributed by atoms with van der Waals surface area (Å²) in [5.74, 6) is 1.77. The smallest absolute Gasteiger partial charge is 0.189 e. The average molecular weight is 347 g/mol. The van der Waals surface area contributed by atoms with Gasteiger partial charge in [-0.25, -0.2) is 4.98 Å². The van der Waals surface area contributed by atoms with E-state index in [9.17, 15) is 0 Å². The Morgan fingerprint density at radius 2 is 2.08 bits per heavy atom. The number of aromatic nitrogens is 2. The number of nitrogen functional groups attached to an aromatic ring is 1. The lowest BCUT2D eigenvalue weighted by atomic mass is 10.2. The van der Waals surface area contributed by atoms with Crippen LogP contribution in [0.15, 0.2) is 29.3 Å². The zero-order chi connectivity index (χ0) is 16.9. The molecular formula is C18H23ClN4O. The minimum atomic E-state index is 0.551. The van der Waals surface area contributed by atoms with Crippen molar-refractivity contribution in [2.75, 3.05) is 18.9 Å². The molecule has 1 aromatic carbocycles. The van der Waals surface area contributed by atoms with Gasteiger partial charge in [-0.2, -0.15) is 0 Å². The van der Waals surface area contributed by atoms with Gasteiger partial charge in [-0.3, -0.25) is 4.99 Å². The minimum Gasteiger partial charge on any atom is -0.479 e. The van der Waals surface area contributed by atoms with Gasteiger partial charge in [0.1, 0.15) is 12.4 Å². The van der Waals surface area contributed by atoms with E-state index in [2.05, 4.69) is 21.5 Å². The number of anilines is 1. The third kappa shape index (κ3) is 3.90. The largest absolute Gasteiger partial charge is 0.479 e. The molecule has 2 N–H and O–H groups in total. The van der Waals surface area contributed by atoms with E-state index < -0.39 is 0 Å². The van der Waals surface area contributed by atoms with Crippen LogP contribution in [0.5, 0.6) is 0 Å². The highest BCUT2D eigenvalue weighted by Gasteiger charge is 2.19. The second-order valence-electron chi connectivity index (χ2n) is 6.00. The highest BCUT2D eigenvalue weighted by atomic mass is 35.5. The quantitative estimate of drug-likeness (QED) is 0.780. The molecule has 0 saturated carbocycles. The maximum atomic E-state index is 6.44. The normalized spacial score (nSPS) is 13.8. The van der Waals surface area contributed by atoms with E-state index in [1.54, 1.807) is 0 Å². The second-order valence-corrected chi connectivity index (χ2v) is 6.36. The molecule has 5 nitrogen and oxygen atoms in total. The lowest BCUT2D eigenvalue weighted by Gasteiger charge is -2.13. The van der Waals surface area contributed by atoms with Gasteiger partial charge in [-0.05, 0) is 24.1 Å². The molecular weight excluding hydrogens is 324 g/mol. The number of aryl methyl sites for hydroxylation is 1. The number of nitrogens with zero attached hydrogens (tertiary/aromatic N) is 3. The zero-order valence-corrected chi connectivity index (χ0v) is 14.7. The van der Waals surface area contributed by atoms with Crippen molar-refractivity contribution in [3.63, 3.8) is 0 Å². The fourth-order valence-electron chi connectivity index (χ4n) is 2.82. The maximum Gasteiger partial charge on any atom is 0.189 e. The molecule has 0 fully saturated rings. The van der Waals surface area contributed by atoms with Crippen LogP contribution < -0.4 is 5.73 Å². The van der Waals surface area contributed by atoms with Gasteiger partial charge in [-0.15, -0.1) is 0 Å². The van der Waals surface area contributed by atoms with E-state index in [-0.39, 0.29) is 0 Å². The molecule has 0 amide bonds. The topological polar surface area (TPSA) is 65.4 Å². The molecule has 24 heavy (non-hydrogen) atoms. The van der Waals surface area contributed by atoms with Crippen molar-refractivity contribution in [3.8, 4) is 0 Å². The number of benzene rings is 1. The predicted octanol–water partition coefficient (Wildman–Crippen LogP) is 3.48. The summed E-state index contributed by atoms with van der Waals surface area (Å²) in [7, 11) is 0. The van der Waals surface area contributed by atoms with E-state index in [0.717, 1.165) is 55.5 Å². The summed E-state index contributed by atoms with van der Waals surface area (Å²) >= 11 is 6.44. The molecule has 0 atom stereocenters. The van der Waals surface area contributed by atoms with Gasteiger partial charge < -0.3 is 15.0 Å². The molecule has 1 aliphatic heterocycles. The molecule has 0 bridgehead atoms. The molecule has 128 valence electrons. The van der Waals surface area contributed by atoms with Crippen molar-refractivity contribution in [1.29, 1.82) is 0 Å². The minimum absolute atomic E-state index is 0.551. The highest BCUT2D eigenvalue weighted by Crippen LogP contribution is 2.23. The fourth-order valence-corrected chi connectivity index (χ4v) is 3.09. The Hall–Kier alpha value is -2.01. The summed E-state index contributed by atoms with van der Waals surface area (Å²) in [6.07, 6.45) is 3.72. The summed E-state index contributed by atoms with van der Waals surface area (Å²) in [4.78, 5) is 8.98. The fraction of sp³-hybridized carbons (Fsp3) is 0.444. The standard InChI is InChI=1S/C18H23ClN4O/c1-2-3-4-16-22-18(19)15(11-17-21-9-10-24-17)23(16)12-13-5-7-14(20)8-6-13/h5-8H,2-4,9-12,20H2,1H3. The SMILES string of the molecule is CCCCc1nc(Cl)c(CC2=NCCO2)n1Cc1ccc(N)cc1. The van der Waals surface area contributed by atoms with Gasteiger partial charge >= 0.3 is 0 Å². The number of imidazole rings is 1. The number of aliphatic imine (C=N–C) groups is 1. The molecule has 0 unspecified atom stereocenters. The maximum absolute atomic E-state index is 6.44. The van der Waals surface area contributed by atoms with Crippen molar-refractivity contribution in [2.45, 2.75) is 39.2 Å². The molecule has 0 saturated heterocycles.